The third kappa shape index (κ3) is 1.98. The third-order valence-corrected chi connectivity index (χ3v) is 2.13. The largest absolute Gasteiger partial charge is 0.373 e. The number of nitrogens with one attached hydrogen (secondary N) is 1. The molecule has 2 aromatic rings. The summed E-state index contributed by atoms with van der Waals surface area (Å²) < 4.78 is 26.2. The number of nitrogens with zero attached hydrogens (tertiary/aromatic N) is 2. The highest BCUT2D eigenvalue weighted by Crippen LogP contribution is 2.22. The zero-order valence-electron chi connectivity index (χ0n) is 8.54. The second-order valence-corrected chi connectivity index (χ2v) is 3.16. The van der Waals surface area contributed by atoms with Gasteiger partial charge in [0.1, 0.15) is 23.8 Å². The van der Waals surface area contributed by atoms with Crippen molar-refractivity contribution in [2.45, 2.75) is 0 Å². The predicted molar refractivity (Wildman–Crippen MR) is 56.9 cm³/mol. The molecule has 0 saturated carbocycles. The van der Waals surface area contributed by atoms with Gasteiger partial charge in [-0.1, -0.05) is 0 Å². The van der Waals surface area contributed by atoms with E-state index in [1.54, 1.807) is 13.1 Å². The number of halogens is 2. The molecule has 1 aromatic carbocycles. The van der Waals surface area contributed by atoms with E-state index in [0.717, 1.165) is 6.07 Å². The molecule has 82 valence electrons. The summed E-state index contributed by atoms with van der Waals surface area (Å²) in [7, 11) is 1.70. The number of hydrogen-bond acceptors (Lipinski definition) is 3. The highest BCUT2D eigenvalue weighted by molar-refractivity contribution is 5.62. The van der Waals surface area contributed by atoms with E-state index in [-0.39, 0.29) is 5.56 Å². The van der Waals surface area contributed by atoms with Gasteiger partial charge in [0.25, 0.3) is 0 Å². The first-order chi connectivity index (χ1) is 7.70. The second-order valence-electron chi connectivity index (χ2n) is 3.16. The van der Waals surface area contributed by atoms with Crippen molar-refractivity contribution in [2.75, 3.05) is 12.4 Å². The molecule has 1 heterocycles. The number of anilines is 1. The molecule has 3 nitrogen and oxygen atoms in total. The van der Waals surface area contributed by atoms with E-state index < -0.39 is 11.6 Å². The fourth-order valence-electron chi connectivity index (χ4n) is 1.34. The summed E-state index contributed by atoms with van der Waals surface area (Å²) in [6, 6.07) is 4.97. The Balaban J connectivity index is 2.49. The Kier molecular flexibility index (Phi) is 2.76. The topological polar surface area (TPSA) is 37.8 Å². The molecule has 0 saturated heterocycles. The summed E-state index contributed by atoms with van der Waals surface area (Å²) in [4.78, 5) is 7.85. The molecular formula is C11H9F2N3. The smallest absolute Gasteiger partial charge is 0.135 e. The number of benzene rings is 1. The van der Waals surface area contributed by atoms with Gasteiger partial charge in [0.05, 0.1) is 5.69 Å². The van der Waals surface area contributed by atoms with E-state index in [9.17, 15) is 8.78 Å². The molecule has 0 aliphatic heterocycles. The molecule has 0 spiro atoms. The van der Waals surface area contributed by atoms with Crippen LogP contribution in [-0.2, 0) is 0 Å². The van der Waals surface area contributed by atoms with Gasteiger partial charge in [-0.25, -0.2) is 18.7 Å². The van der Waals surface area contributed by atoms with Crippen molar-refractivity contribution < 1.29 is 8.78 Å². The van der Waals surface area contributed by atoms with Gasteiger partial charge in [-0.3, -0.25) is 0 Å². The van der Waals surface area contributed by atoms with Crippen LogP contribution in [0.2, 0.25) is 0 Å². The SMILES string of the molecule is CNc1cc(-c2ccc(F)cc2F)ncn1. The van der Waals surface area contributed by atoms with Gasteiger partial charge in [-0.15, -0.1) is 0 Å². The first-order valence-corrected chi connectivity index (χ1v) is 4.66. The molecule has 16 heavy (non-hydrogen) atoms. The average Bonchev–Trinajstić information content (AvgIpc) is 2.29. The lowest BCUT2D eigenvalue weighted by molar-refractivity contribution is 0.585. The fraction of sp³-hybridized carbons (Fsp3) is 0.0909. The van der Waals surface area contributed by atoms with Crippen LogP contribution in [-0.4, -0.2) is 17.0 Å². The Bertz CT molecular complexity index is 514. The van der Waals surface area contributed by atoms with Gasteiger partial charge in [0.15, 0.2) is 0 Å². The lowest BCUT2D eigenvalue weighted by Gasteiger charge is -2.04. The molecule has 0 radical (unpaired) electrons. The molecule has 0 aliphatic carbocycles. The molecule has 0 aliphatic rings. The summed E-state index contributed by atoms with van der Waals surface area (Å²) in [6.45, 7) is 0. The summed E-state index contributed by atoms with van der Waals surface area (Å²) in [5, 5.41) is 2.82. The minimum Gasteiger partial charge on any atom is -0.373 e. The molecule has 1 aromatic heterocycles. The standard InChI is InChI=1S/C11H9F2N3/c1-14-11-5-10(15-6-16-11)8-3-2-7(12)4-9(8)13/h2-6H,1H3,(H,14,15,16). The van der Waals surface area contributed by atoms with E-state index in [1.165, 1.54) is 18.5 Å². The van der Waals surface area contributed by atoms with Crippen LogP contribution in [0.25, 0.3) is 11.3 Å². The highest BCUT2D eigenvalue weighted by atomic mass is 19.1. The van der Waals surface area contributed by atoms with Crippen molar-refractivity contribution in [1.82, 2.24) is 9.97 Å². The molecular weight excluding hydrogens is 212 g/mol. The van der Waals surface area contributed by atoms with Crippen LogP contribution in [0.5, 0.6) is 0 Å². The lowest BCUT2D eigenvalue weighted by atomic mass is 10.1. The number of aromatic nitrogens is 2. The van der Waals surface area contributed by atoms with Gasteiger partial charge in [-0.2, -0.15) is 0 Å². The van der Waals surface area contributed by atoms with Crippen LogP contribution in [0, 0.1) is 11.6 Å². The van der Waals surface area contributed by atoms with Crippen LogP contribution in [0.1, 0.15) is 0 Å². The van der Waals surface area contributed by atoms with Crippen LogP contribution in [0.15, 0.2) is 30.6 Å². The van der Waals surface area contributed by atoms with Crippen molar-refractivity contribution in [3.8, 4) is 11.3 Å². The van der Waals surface area contributed by atoms with E-state index >= 15 is 0 Å². The minimum absolute atomic E-state index is 0.250. The molecule has 0 amide bonds. The van der Waals surface area contributed by atoms with Crippen molar-refractivity contribution in [1.29, 1.82) is 0 Å². The quantitative estimate of drug-likeness (QED) is 0.846. The minimum atomic E-state index is -0.638. The molecule has 5 heteroatoms. The molecule has 2 rings (SSSR count). The summed E-state index contributed by atoms with van der Waals surface area (Å²) in [5.41, 5.74) is 0.664. The Labute approximate surface area is 91.2 Å². The Morgan fingerprint density at radius 1 is 1.12 bits per heavy atom. The molecule has 0 unspecified atom stereocenters. The second kappa shape index (κ2) is 4.22. The van der Waals surface area contributed by atoms with Crippen LogP contribution in [0.4, 0.5) is 14.6 Å². The van der Waals surface area contributed by atoms with Gasteiger partial charge in [0, 0.05) is 24.7 Å². The first kappa shape index (κ1) is 10.5. The third-order valence-electron chi connectivity index (χ3n) is 2.13. The zero-order chi connectivity index (χ0) is 11.5. The van der Waals surface area contributed by atoms with Crippen molar-refractivity contribution in [2.24, 2.45) is 0 Å². The van der Waals surface area contributed by atoms with E-state index in [4.69, 9.17) is 0 Å². The summed E-state index contributed by atoms with van der Waals surface area (Å²) in [5.74, 6) is -0.668. The zero-order valence-corrected chi connectivity index (χ0v) is 8.54. The van der Waals surface area contributed by atoms with Crippen LogP contribution < -0.4 is 5.32 Å². The maximum absolute atomic E-state index is 13.5. The highest BCUT2D eigenvalue weighted by Gasteiger charge is 2.08. The van der Waals surface area contributed by atoms with Gasteiger partial charge in [0.2, 0.25) is 0 Å². The van der Waals surface area contributed by atoms with Crippen molar-refractivity contribution >= 4 is 5.82 Å². The van der Waals surface area contributed by atoms with E-state index in [1.807, 2.05) is 0 Å². The Hall–Kier alpha value is -2.04. The Morgan fingerprint density at radius 3 is 2.62 bits per heavy atom. The van der Waals surface area contributed by atoms with Gasteiger partial charge in [-0.05, 0) is 12.1 Å². The van der Waals surface area contributed by atoms with Crippen molar-refractivity contribution in [3.05, 3.63) is 42.2 Å². The normalized spacial score (nSPS) is 10.2. The maximum Gasteiger partial charge on any atom is 0.135 e. The average molecular weight is 221 g/mol. The predicted octanol–water partition coefficient (Wildman–Crippen LogP) is 2.46. The molecule has 0 bridgehead atoms. The Morgan fingerprint density at radius 2 is 1.94 bits per heavy atom. The van der Waals surface area contributed by atoms with E-state index in [2.05, 4.69) is 15.3 Å². The van der Waals surface area contributed by atoms with Crippen molar-refractivity contribution in [3.63, 3.8) is 0 Å². The maximum atomic E-state index is 13.5. The number of hydrogen-bond donors (Lipinski definition) is 1. The van der Waals surface area contributed by atoms with E-state index in [0.29, 0.717) is 11.5 Å². The monoisotopic (exact) mass is 221 g/mol. The molecule has 0 atom stereocenters. The van der Waals surface area contributed by atoms with Gasteiger partial charge < -0.3 is 5.32 Å². The molecule has 1 N–H and O–H groups in total. The summed E-state index contributed by atoms with van der Waals surface area (Å²) >= 11 is 0. The lowest BCUT2D eigenvalue weighted by Crippen LogP contribution is -1.95. The first-order valence-electron chi connectivity index (χ1n) is 4.66. The molecule has 0 fully saturated rings. The van der Waals surface area contributed by atoms with Crippen LogP contribution >= 0.6 is 0 Å². The van der Waals surface area contributed by atoms with Gasteiger partial charge >= 0.3 is 0 Å². The summed E-state index contributed by atoms with van der Waals surface area (Å²) in [6.07, 6.45) is 1.32. The van der Waals surface area contributed by atoms with Crippen LogP contribution in [0.3, 0.4) is 0 Å². The fourth-order valence-corrected chi connectivity index (χ4v) is 1.34. The number of rotatable bonds is 2.